The first-order valence-corrected chi connectivity index (χ1v) is 7.06. The molecule has 4 rings (SSSR count). The zero-order valence-electron chi connectivity index (χ0n) is 12.4. The Bertz CT molecular complexity index is 1080. The normalized spacial score (nSPS) is 11.3. The molecule has 0 aliphatic carbocycles. The van der Waals surface area contributed by atoms with Crippen LogP contribution in [0.15, 0.2) is 36.8 Å². The van der Waals surface area contributed by atoms with E-state index in [1.807, 2.05) is 25.3 Å². The largest absolute Gasteiger partial charge is 0.397 e. The molecule has 7 nitrogen and oxygen atoms in total. The number of aromatic amines is 1. The van der Waals surface area contributed by atoms with Gasteiger partial charge in [-0.25, -0.2) is 4.52 Å². The van der Waals surface area contributed by atoms with Crippen LogP contribution in [0.25, 0.3) is 27.5 Å². The highest BCUT2D eigenvalue weighted by Gasteiger charge is 2.20. The van der Waals surface area contributed by atoms with Gasteiger partial charge < -0.3 is 11.5 Å². The second-order valence-electron chi connectivity index (χ2n) is 5.45. The summed E-state index contributed by atoms with van der Waals surface area (Å²) in [7, 11) is 0. The van der Waals surface area contributed by atoms with Crippen molar-refractivity contribution in [2.45, 2.75) is 6.92 Å². The third-order valence-electron chi connectivity index (χ3n) is 4.09. The molecule has 0 aliphatic rings. The van der Waals surface area contributed by atoms with Gasteiger partial charge in [0.15, 0.2) is 0 Å². The Hall–Kier alpha value is -3.35. The third-order valence-corrected chi connectivity index (χ3v) is 4.09. The summed E-state index contributed by atoms with van der Waals surface area (Å²) in [4.78, 5) is 11.9. The number of hydrogen-bond acceptors (Lipinski definition) is 4. The van der Waals surface area contributed by atoms with Gasteiger partial charge in [-0.1, -0.05) is 6.07 Å². The average molecular weight is 306 g/mol. The molecule has 1 amide bonds. The SMILES string of the molecule is Cc1ccc2[nH]ncc2c1-c1cn2nccc2c(C(N)=O)c1N. The summed E-state index contributed by atoms with van der Waals surface area (Å²) in [6.45, 7) is 1.98. The number of nitrogen functional groups attached to an aromatic ring is 1. The first-order chi connectivity index (χ1) is 11.1. The van der Waals surface area contributed by atoms with Crippen molar-refractivity contribution in [1.29, 1.82) is 0 Å². The van der Waals surface area contributed by atoms with Crippen LogP contribution in [0.2, 0.25) is 0 Å². The molecular weight excluding hydrogens is 292 g/mol. The molecule has 3 aromatic heterocycles. The van der Waals surface area contributed by atoms with Crippen molar-refractivity contribution in [3.63, 3.8) is 0 Å². The summed E-state index contributed by atoms with van der Waals surface area (Å²) >= 11 is 0. The maximum atomic E-state index is 11.9. The number of fused-ring (bicyclic) bond motifs is 2. The molecule has 23 heavy (non-hydrogen) atoms. The zero-order chi connectivity index (χ0) is 16.1. The van der Waals surface area contributed by atoms with Gasteiger partial charge in [-0.2, -0.15) is 10.2 Å². The molecule has 0 aliphatic heterocycles. The topological polar surface area (TPSA) is 115 Å². The smallest absolute Gasteiger partial charge is 0.253 e. The summed E-state index contributed by atoms with van der Waals surface area (Å²) in [5.74, 6) is -0.577. The van der Waals surface area contributed by atoms with E-state index in [0.717, 1.165) is 22.0 Å². The number of H-pyrrole nitrogens is 1. The Labute approximate surface area is 130 Å². The van der Waals surface area contributed by atoms with E-state index in [1.165, 1.54) is 0 Å². The van der Waals surface area contributed by atoms with Gasteiger partial charge in [0, 0.05) is 17.1 Å². The molecule has 5 N–H and O–H groups in total. The van der Waals surface area contributed by atoms with Gasteiger partial charge in [-0.3, -0.25) is 9.89 Å². The second kappa shape index (κ2) is 4.57. The molecule has 0 saturated heterocycles. The lowest BCUT2D eigenvalue weighted by atomic mass is 9.95. The number of carbonyl (C=O) groups is 1. The molecule has 3 heterocycles. The number of pyridine rings is 1. The monoisotopic (exact) mass is 306 g/mol. The van der Waals surface area contributed by atoms with Crippen molar-refractivity contribution < 1.29 is 4.79 Å². The molecule has 114 valence electrons. The van der Waals surface area contributed by atoms with E-state index >= 15 is 0 Å². The standard InChI is InChI=1S/C16H14N6O/c1-8-2-3-11-9(6-19-21-11)13(8)10-7-22-12(4-5-20-22)14(15(10)17)16(18)23/h2-7H,17H2,1H3,(H2,18,23)(H,19,21). The van der Waals surface area contributed by atoms with Crippen LogP contribution in [-0.4, -0.2) is 25.7 Å². The lowest BCUT2D eigenvalue weighted by molar-refractivity contribution is 0.100. The summed E-state index contributed by atoms with van der Waals surface area (Å²) in [5, 5.41) is 12.2. The number of carbonyl (C=O) groups excluding carboxylic acids is 1. The van der Waals surface area contributed by atoms with E-state index in [0.29, 0.717) is 16.8 Å². The van der Waals surface area contributed by atoms with Crippen molar-refractivity contribution in [1.82, 2.24) is 19.8 Å². The predicted molar refractivity (Wildman–Crippen MR) is 87.9 cm³/mol. The van der Waals surface area contributed by atoms with Gasteiger partial charge in [-0.15, -0.1) is 0 Å². The van der Waals surface area contributed by atoms with Crippen molar-refractivity contribution in [2.75, 3.05) is 5.73 Å². The molecule has 0 radical (unpaired) electrons. The van der Waals surface area contributed by atoms with Crippen molar-refractivity contribution in [3.8, 4) is 11.1 Å². The van der Waals surface area contributed by atoms with Crippen LogP contribution in [0.5, 0.6) is 0 Å². The minimum absolute atomic E-state index is 0.278. The summed E-state index contributed by atoms with van der Waals surface area (Å²) < 4.78 is 1.62. The minimum atomic E-state index is -0.577. The number of hydrogen-bond donors (Lipinski definition) is 3. The van der Waals surface area contributed by atoms with E-state index in [-0.39, 0.29) is 5.56 Å². The maximum absolute atomic E-state index is 11.9. The van der Waals surface area contributed by atoms with Crippen LogP contribution in [0.3, 0.4) is 0 Å². The van der Waals surface area contributed by atoms with Crippen molar-refractivity contribution >= 4 is 28.0 Å². The van der Waals surface area contributed by atoms with Crippen LogP contribution >= 0.6 is 0 Å². The van der Waals surface area contributed by atoms with Gasteiger partial charge in [0.2, 0.25) is 0 Å². The van der Waals surface area contributed by atoms with Gasteiger partial charge in [-0.05, 0) is 30.2 Å². The fraction of sp³-hybridized carbons (Fsp3) is 0.0625. The second-order valence-corrected chi connectivity index (χ2v) is 5.45. The van der Waals surface area contributed by atoms with Crippen molar-refractivity contribution in [2.24, 2.45) is 5.73 Å². The number of nitrogens with one attached hydrogen (secondary N) is 1. The number of amides is 1. The number of nitrogens with two attached hydrogens (primary N) is 2. The quantitative estimate of drug-likeness (QED) is 0.524. The van der Waals surface area contributed by atoms with E-state index in [4.69, 9.17) is 11.5 Å². The van der Waals surface area contributed by atoms with Crippen LogP contribution in [-0.2, 0) is 0 Å². The number of anilines is 1. The predicted octanol–water partition coefficient (Wildman–Crippen LogP) is 1.87. The fourth-order valence-electron chi connectivity index (χ4n) is 3.02. The first-order valence-electron chi connectivity index (χ1n) is 7.06. The summed E-state index contributed by atoms with van der Waals surface area (Å²) in [6.07, 6.45) is 5.16. The van der Waals surface area contributed by atoms with Gasteiger partial charge in [0.25, 0.3) is 5.91 Å². The number of rotatable bonds is 2. The maximum Gasteiger partial charge on any atom is 0.253 e. The minimum Gasteiger partial charge on any atom is -0.397 e. The molecule has 0 spiro atoms. The van der Waals surface area contributed by atoms with Gasteiger partial charge in [0.1, 0.15) is 0 Å². The van der Waals surface area contributed by atoms with E-state index in [1.54, 1.807) is 23.0 Å². The highest BCUT2D eigenvalue weighted by Crippen LogP contribution is 2.37. The number of primary amides is 1. The van der Waals surface area contributed by atoms with Crippen molar-refractivity contribution in [3.05, 3.63) is 47.9 Å². The number of aromatic nitrogens is 4. The van der Waals surface area contributed by atoms with Crippen LogP contribution in [0.1, 0.15) is 15.9 Å². The van der Waals surface area contributed by atoms with Crippen LogP contribution in [0, 0.1) is 6.92 Å². The van der Waals surface area contributed by atoms with Gasteiger partial charge >= 0.3 is 0 Å². The Morgan fingerprint density at radius 2 is 2.13 bits per heavy atom. The number of aryl methyl sites for hydroxylation is 1. The molecule has 0 bridgehead atoms. The Morgan fingerprint density at radius 3 is 2.91 bits per heavy atom. The molecule has 0 saturated carbocycles. The summed E-state index contributed by atoms with van der Waals surface area (Å²) in [6, 6.07) is 5.65. The van der Waals surface area contributed by atoms with E-state index in [9.17, 15) is 4.79 Å². The highest BCUT2D eigenvalue weighted by atomic mass is 16.1. The first kappa shape index (κ1) is 13.3. The number of benzene rings is 1. The Morgan fingerprint density at radius 1 is 1.30 bits per heavy atom. The highest BCUT2D eigenvalue weighted by molar-refractivity contribution is 6.09. The molecule has 1 aromatic carbocycles. The Kier molecular flexibility index (Phi) is 2.65. The third kappa shape index (κ3) is 1.80. The van der Waals surface area contributed by atoms with Crippen LogP contribution in [0.4, 0.5) is 5.69 Å². The lowest BCUT2D eigenvalue weighted by Crippen LogP contribution is -2.16. The number of nitrogens with zero attached hydrogens (tertiary/aromatic N) is 3. The summed E-state index contributed by atoms with van der Waals surface area (Å²) in [5.41, 5.74) is 16.6. The molecule has 0 atom stereocenters. The van der Waals surface area contributed by atoms with E-state index in [2.05, 4.69) is 15.3 Å². The Balaban J connectivity index is 2.17. The molecular formula is C16H14N6O. The molecule has 0 fully saturated rings. The van der Waals surface area contributed by atoms with Crippen LogP contribution < -0.4 is 11.5 Å². The molecule has 0 unspecified atom stereocenters. The van der Waals surface area contributed by atoms with Gasteiger partial charge in [0.05, 0.1) is 34.7 Å². The lowest BCUT2D eigenvalue weighted by Gasteiger charge is -2.14. The van der Waals surface area contributed by atoms with E-state index < -0.39 is 5.91 Å². The fourth-order valence-corrected chi connectivity index (χ4v) is 3.02. The average Bonchev–Trinajstić information content (AvgIpc) is 3.14. The molecule has 7 heteroatoms. The molecule has 4 aromatic rings. The zero-order valence-corrected chi connectivity index (χ0v) is 12.4.